The van der Waals surface area contributed by atoms with E-state index in [0.717, 1.165) is 34.6 Å². The minimum atomic E-state index is -0.0546. The van der Waals surface area contributed by atoms with E-state index in [4.69, 9.17) is 4.74 Å². The fraction of sp³-hybridized carbons (Fsp3) is 0.278. The van der Waals surface area contributed by atoms with Crippen molar-refractivity contribution in [2.24, 2.45) is 0 Å². The summed E-state index contributed by atoms with van der Waals surface area (Å²) in [6.45, 7) is 4.02. The summed E-state index contributed by atoms with van der Waals surface area (Å²) in [5, 5.41) is 6.22. The van der Waals surface area contributed by atoms with Gasteiger partial charge in [-0.25, -0.2) is 0 Å². The molecule has 2 rings (SSSR count). The summed E-state index contributed by atoms with van der Waals surface area (Å²) < 4.78 is 6.51. The molecule has 0 spiro atoms. The van der Waals surface area contributed by atoms with Crippen molar-refractivity contribution in [3.05, 3.63) is 58.6 Å². The zero-order chi connectivity index (χ0) is 16.5. The van der Waals surface area contributed by atoms with E-state index in [1.807, 2.05) is 48.5 Å². The van der Waals surface area contributed by atoms with Crippen LogP contribution >= 0.6 is 15.9 Å². The molecule has 2 aromatic carbocycles. The molecule has 0 atom stereocenters. The Morgan fingerprint density at radius 1 is 1.13 bits per heavy atom. The van der Waals surface area contributed by atoms with Crippen molar-refractivity contribution >= 4 is 27.5 Å². The van der Waals surface area contributed by atoms with Gasteiger partial charge in [-0.3, -0.25) is 4.79 Å². The molecule has 5 heteroatoms. The zero-order valence-corrected chi connectivity index (χ0v) is 14.7. The van der Waals surface area contributed by atoms with Gasteiger partial charge >= 0.3 is 0 Å². The molecule has 1 amide bonds. The third-order valence-electron chi connectivity index (χ3n) is 3.28. The van der Waals surface area contributed by atoms with E-state index < -0.39 is 0 Å². The van der Waals surface area contributed by atoms with Gasteiger partial charge in [-0.15, -0.1) is 0 Å². The molecular formula is C18H21BrN2O2. The zero-order valence-electron chi connectivity index (χ0n) is 13.1. The molecule has 2 aromatic rings. The van der Waals surface area contributed by atoms with Gasteiger partial charge < -0.3 is 15.4 Å². The molecule has 0 radical (unpaired) electrons. The average Bonchev–Trinajstić information content (AvgIpc) is 2.56. The standard InChI is InChI=1S/C18H21BrN2O2/c1-2-20-13-14-7-3-5-9-16(14)21-18(22)11-12-23-17-10-6-4-8-15(17)19/h3-10,20H,2,11-13H2,1H3,(H,21,22). The van der Waals surface area contributed by atoms with E-state index in [9.17, 15) is 4.79 Å². The molecule has 0 saturated heterocycles. The van der Waals surface area contributed by atoms with Crippen LogP contribution in [0.3, 0.4) is 0 Å². The van der Waals surface area contributed by atoms with E-state index >= 15 is 0 Å². The first-order valence-corrected chi connectivity index (χ1v) is 8.45. The SMILES string of the molecule is CCNCc1ccccc1NC(=O)CCOc1ccccc1Br. The maximum atomic E-state index is 12.1. The lowest BCUT2D eigenvalue weighted by molar-refractivity contribution is -0.116. The summed E-state index contributed by atoms with van der Waals surface area (Å²) in [4.78, 5) is 12.1. The Balaban J connectivity index is 1.84. The van der Waals surface area contributed by atoms with E-state index in [1.165, 1.54) is 0 Å². The normalized spacial score (nSPS) is 10.3. The van der Waals surface area contributed by atoms with Crippen LogP contribution in [0.5, 0.6) is 5.75 Å². The van der Waals surface area contributed by atoms with Crippen molar-refractivity contribution < 1.29 is 9.53 Å². The monoisotopic (exact) mass is 376 g/mol. The summed E-state index contributed by atoms with van der Waals surface area (Å²) in [5.41, 5.74) is 1.92. The average molecular weight is 377 g/mol. The molecular weight excluding hydrogens is 356 g/mol. The highest BCUT2D eigenvalue weighted by molar-refractivity contribution is 9.10. The second-order valence-electron chi connectivity index (χ2n) is 5.01. The van der Waals surface area contributed by atoms with Crippen LogP contribution in [0, 0.1) is 0 Å². The third-order valence-corrected chi connectivity index (χ3v) is 3.94. The number of carbonyl (C=O) groups excluding carboxylic acids is 1. The first kappa shape index (κ1) is 17.5. The number of carbonyl (C=O) groups is 1. The van der Waals surface area contributed by atoms with Gasteiger partial charge in [0.15, 0.2) is 0 Å². The van der Waals surface area contributed by atoms with Crippen molar-refractivity contribution in [3.63, 3.8) is 0 Å². The van der Waals surface area contributed by atoms with Crippen LogP contribution in [0.15, 0.2) is 53.0 Å². The topological polar surface area (TPSA) is 50.4 Å². The van der Waals surface area contributed by atoms with Crippen molar-refractivity contribution in [2.75, 3.05) is 18.5 Å². The van der Waals surface area contributed by atoms with Crippen LogP contribution < -0.4 is 15.4 Å². The molecule has 0 saturated carbocycles. The Kier molecular flexibility index (Phi) is 7.10. The van der Waals surface area contributed by atoms with Gasteiger partial charge in [0.1, 0.15) is 5.75 Å². The fourth-order valence-electron chi connectivity index (χ4n) is 2.08. The Morgan fingerprint density at radius 2 is 1.87 bits per heavy atom. The van der Waals surface area contributed by atoms with Crippen LogP contribution in [-0.4, -0.2) is 19.1 Å². The number of halogens is 1. The number of hydrogen-bond acceptors (Lipinski definition) is 3. The summed E-state index contributed by atoms with van der Waals surface area (Å²) in [6.07, 6.45) is 0.302. The van der Waals surface area contributed by atoms with Crippen molar-refractivity contribution in [1.82, 2.24) is 5.32 Å². The highest BCUT2D eigenvalue weighted by Gasteiger charge is 2.07. The maximum Gasteiger partial charge on any atom is 0.227 e. The Hall–Kier alpha value is -1.85. The largest absolute Gasteiger partial charge is 0.492 e. The smallest absolute Gasteiger partial charge is 0.227 e. The predicted octanol–water partition coefficient (Wildman–Crippen LogP) is 3.97. The van der Waals surface area contributed by atoms with Crippen molar-refractivity contribution in [1.29, 1.82) is 0 Å². The molecule has 0 aliphatic carbocycles. The second kappa shape index (κ2) is 9.33. The minimum absolute atomic E-state index is 0.0546. The highest BCUT2D eigenvalue weighted by atomic mass is 79.9. The molecule has 0 aromatic heterocycles. The number of rotatable bonds is 8. The van der Waals surface area contributed by atoms with Gasteiger partial charge in [-0.2, -0.15) is 0 Å². The van der Waals surface area contributed by atoms with Gasteiger partial charge in [0.25, 0.3) is 0 Å². The summed E-state index contributed by atoms with van der Waals surface area (Å²) in [5.74, 6) is 0.689. The second-order valence-corrected chi connectivity index (χ2v) is 5.87. The first-order valence-electron chi connectivity index (χ1n) is 7.66. The predicted molar refractivity (Wildman–Crippen MR) is 96.7 cm³/mol. The first-order chi connectivity index (χ1) is 11.2. The van der Waals surface area contributed by atoms with Crippen LogP contribution in [0.1, 0.15) is 18.9 Å². The Labute approximate surface area is 145 Å². The lowest BCUT2D eigenvalue weighted by Gasteiger charge is -2.12. The maximum absolute atomic E-state index is 12.1. The molecule has 2 N–H and O–H groups in total. The molecule has 0 aliphatic heterocycles. The number of para-hydroxylation sites is 2. The van der Waals surface area contributed by atoms with E-state index in [1.54, 1.807) is 0 Å². The van der Waals surface area contributed by atoms with E-state index in [2.05, 4.69) is 33.5 Å². The summed E-state index contributed by atoms with van der Waals surface area (Å²) in [7, 11) is 0. The lowest BCUT2D eigenvalue weighted by Crippen LogP contribution is -2.18. The van der Waals surface area contributed by atoms with Gasteiger partial charge in [0.2, 0.25) is 5.91 Å². The van der Waals surface area contributed by atoms with Crippen LogP contribution in [-0.2, 0) is 11.3 Å². The molecule has 122 valence electrons. The molecule has 4 nitrogen and oxygen atoms in total. The molecule has 0 aliphatic rings. The van der Waals surface area contributed by atoms with E-state index in [-0.39, 0.29) is 5.91 Å². The van der Waals surface area contributed by atoms with Gasteiger partial charge in [-0.1, -0.05) is 37.3 Å². The number of amides is 1. The number of benzene rings is 2. The van der Waals surface area contributed by atoms with Crippen LogP contribution in [0.4, 0.5) is 5.69 Å². The highest BCUT2D eigenvalue weighted by Crippen LogP contribution is 2.23. The quantitative estimate of drug-likeness (QED) is 0.732. The molecule has 23 heavy (non-hydrogen) atoms. The lowest BCUT2D eigenvalue weighted by atomic mass is 10.1. The molecule has 0 fully saturated rings. The number of nitrogens with one attached hydrogen (secondary N) is 2. The number of hydrogen-bond donors (Lipinski definition) is 2. The fourth-order valence-corrected chi connectivity index (χ4v) is 2.48. The number of ether oxygens (including phenoxy) is 1. The van der Waals surface area contributed by atoms with Crippen LogP contribution in [0.25, 0.3) is 0 Å². The Morgan fingerprint density at radius 3 is 2.65 bits per heavy atom. The van der Waals surface area contributed by atoms with Crippen molar-refractivity contribution in [2.45, 2.75) is 19.9 Å². The third kappa shape index (κ3) is 5.69. The van der Waals surface area contributed by atoms with Crippen molar-refractivity contribution in [3.8, 4) is 5.75 Å². The van der Waals surface area contributed by atoms with Gasteiger partial charge in [-0.05, 0) is 46.2 Å². The summed E-state index contributed by atoms with van der Waals surface area (Å²) in [6, 6.07) is 15.4. The molecule has 0 heterocycles. The Bertz CT molecular complexity index is 646. The van der Waals surface area contributed by atoms with Gasteiger partial charge in [0, 0.05) is 12.2 Å². The van der Waals surface area contributed by atoms with E-state index in [0.29, 0.717) is 13.0 Å². The molecule has 0 unspecified atom stereocenters. The van der Waals surface area contributed by atoms with Crippen LogP contribution in [0.2, 0.25) is 0 Å². The summed E-state index contributed by atoms with van der Waals surface area (Å²) >= 11 is 3.42. The molecule has 0 bridgehead atoms. The minimum Gasteiger partial charge on any atom is -0.492 e. The number of anilines is 1. The van der Waals surface area contributed by atoms with Gasteiger partial charge in [0.05, 0.1) is 17.5 Å².